The first-order valence-corrected chi connectivity index (χ1v) is 14.7. The third-order valence-electron chi connectivity index (χ3n) is 6.17. The van der Waals surface area contributed by atoms with Crippen molar-refractivity contribution in [3.05, 3.63) is 138 Å². The molecule has 0 bridgehead atoms. The smallest absolute Gasteiger partial charge is 0.478 e. The minimum Gasteiger partial charge on any atom is -0.478 e. The lowest BCUT2D eigenvalue weighted by atomic mass is 10.2. The summed E-state index contributed by atoms with van der Waals surface area (Å²) < 4.78 is 10.8. The minimum atomic E-state index is -1.72. The largest absolute Gasteiger partial charge is 0.513 e. The van der Waals surface area contributed by atoms with E-state index in [9.17, 15) is 9.59 Å². The van der Waals surface area contributed by atoms with Crippen LogP contribution in [0.3, 0.4) is 0 Å². The zero-order valence-electron chi connectivity index (χ0n) is 20.5. The van der Waals surface area contributed by atoms with Gasteiger partial charge in [0.25, 0.3) is 0 Å². The molecule has 6 heteroatoms. The maximum Gasteiger partial charge on any atom is 0.513 e. The molecule has 0 unspecified atom stereocenters. The fourth-order valence-corrected chi connectivity index (χ4v) is 8.68. The minimum absolute atomic E-state index is 0.123. The van der Waals surface area contributed by atoms with Gasteiger partial charge < -0.3 is 14.6 Å². The molecule has 0 amide bonds. The van der Waals surface area contributed by atoms with Gasteiger partial charge in [0.1, 0.15) is 12.4 Å². The van der Waals surface area contributed by atoms with Gasteiger partial charge in [0.15, 0.2) is 0 Å². The van der Waals surface area contributed by atoms with Crippen molar-refractivity contribution in [1.29, 1.82) is 0 Å². The Balaban J connectivity index is 1.51. The lowest BCUT2D eigenvalue weighted by Gasteiger charge is -2.28. The number of aromatic carboxylic acids is 1. The van der Waals surface area contributed by atoms with E-state index in [-0.39, 0.29) is 17.9 Å². The molecule has 0 fully saturated rings. The van der Waals surface area contributed by atoms with Crippen LogP contribution in [0.5, 0.6) is 5.75 Å². The highest BCUT2D eigenvalue weighted by molar-refractivity contribution is 7.73. The van der Waals surface area contributed by atoms with Gasteiger partial charge in [0.2, 0.25) is 0 Å². The van der Waals surface area contributed by atoms with Crippen molar-refractivity contribution < 1.29 is 24.2 Å². The van der Waals surface area contributed by atoms with Crippen molar-refractivity contribution in [3.8, 4) is 5.75 Å². The van der Waals surface area contributed by atoms with E-state index in [4.69, 9.17) is 14.6 Å². The average molecular weight is 514 g/mol. The van der Waals surface area contributed by atoms with E-state index in [2.05, 4.69) is 72.8 Å². The van der Waals surface area contributed by atoms with Gasteiger partial charge in [-0.25, -0.2) is 9.59 Å². The number of carbonyl (C=O) groups is 2. The number of benzene rings is 4. The van der Waals surface area contributed by atoms with Crippen molar-refractivity contribution in [2.75, 3.05) is 12.8 Å². The van der Waals surface area contributed by atoms with Crippen LogP contribution in [0.2, 0.25) is 0 Å². The Kier molecular flexibility index (Phi) is 9.07. The molecule has 0 heterocycles. The molecule has 0 atom stereocenters. The van der Waals surface area contributed by atoms with Gasteiger partial charge in [-0.15, -0.1) is 0 Å². The predicted molar refractivity (Wildman–Crippen MR) is 148 cm³/mol. The van der Waals surface area contributed by atoms with Crippen LogP contribution >= 0.6 is 7.26 Å². The highest BCUT2D eigenvalue weighted by Crippen LogP contribution is 2.66. The quantitative estimate of drug-likeness (QED) is 0.128. The summed E-state index contributed by atoms with van der Waals surface area (Å²) in [4.78, 5) is 23.5. The lowest BCUT2D eigenvalue weighted by Crippen LogP contribution is -2.17. The Bertz CT molecular complexity index is 1170. The molecule has 0 radical (unpaired) electrons. The molecule has 37 heavy (non-hydrogen) atoms. The number of carbonyl (C=O) groups excluding carboxylic acids is 1. The van der Waals surface area contributed by atoms with E-state index in [1.165, 1.54) is 41.0 Å². The average Bonchev–Trinajstić information content (AvgIpc) is 2.91. The van der Waals surface area contributed by atoms with Crippen molar-refractivity contribution >= 4 is 19.4 Å². The molecule has 4 aromatic carbocycles. The molecule has 0 aliphatic rings. The molecule has 1 N–H and O–H groups in total. The lowest BCUT2D eigenvalue weighted by molar-refractivity contribution is 0.0697. The summed E-state index contributed by atoms with van der Waals surface area (Å²) in [6.07, 6.45) is 2.77. The first-order valence-electron chi connectivity index (χ1n) is 12.2. The normalized spacial score (nSPS) is 11.0. The second-order valence-electron chi connectivity index (χ2n) is 9.03. The van der Waals surface area contributed by atoms with Gasteiger partial charge in [0.05, 0.1) is 30.2 Å². The van der Waals surface area contributed by atoms with Gasteiger partial charge in [-0.1, -0.05) is 91.0 Å². The fraction of sp³-hybridized carbons (Fsp3) is 0.161. The standard InChI is InChI=1S/C31H29O5P/c32-30(33)28-16-18-29(19-17-28)36-31(34)35-20-21-37(22-25-10-4-1-5-11-25,23-26-12-6-2-7-13-26)24-27-14-8-3-9-15-27/h1-19H,20-24H2/p+1. The van der Waals surface area contributed by atoms with Crippen molar-refractivity contribution in [2.24, 2.45) is 0 Å². The van der Waals surface area contributed by atoms with Crippen LogP contribution in [-0.4, -0.2) is 30.0 Å². The SMILES string of the molecule is O=C(OCC[P+](Cc1ccccc1)(Cc1ccccc1)Cc1ccccc1)Oc1ccc(C(=O)O)cc1. The van der Waals surface area contributed by atoms with E-state index < -0.39 is 19.4 Å². The monoisotopic (exact) mass is 513 g/mol. The fourth-order valence-electron chi connectivity index (χ4n) is 4.43. The Hall–Kier alpha value is -3.95. The molecule has 4 aromatic rings. The maximum atomic E-state index is 12.4. The number of hydrogen-bond donors (Lipinski definition) is 1. The number of ether oxygens (including phenoxy) is 2. The number of hydrogen-bond acceptors (Lipinski definition) is 4. The van der Waals surface area contributed by atoms with Crippen LogP contribution in [0, 0.1) is 0 Å². The van der Waals surface area contributed by atoms with Crippen LogP contribution in [-0.2, 0) is 23.2 Å². The van der Waals surface area contributed by atoms with E-state index in [1.807, 2.05) is 18.2 Å². The number of carboxylic acid groups (broad SMARTS) is 1. The summed E-state index contributed by atoms with van der Waals surface area (Å²) in [5.41, 5.74) is 3.97. The molecule has 188 valence electrons. The van der Waals surface area contributed by atoms with Crippen LogP contribution in [0.25, 0.3) is 0 Å². The van der Waals surface area contributed by atoms with Crippen molar-refractivity contribution in [3.63, 3.8) is 0 Å². The molecule has 5 nitrogen and oxygen atoms in total. The van der Waals surface area contributed by atoms with Crippen molar-refractivity contribution in [2.45, 2.75) is 18.5 Å². The highest BCUT2D eigenvalue weighted by atomic mass is 31.2. The summed E-state index contributed by atoms with van der Waals surface area (Å²) in [5, 5.41) is 9.04. The van der Waals surface area contributed by atoms with E-state index in [0.717, 1.165) is 24.6 Å². The maximum absolute atomic E-state index is 12.4. The predicted octanol–water partition coefficient (Wildman–Crippen LogP) is 7.52. The summed E-state index contributed by atoms with van der Waals surface area (Å²) >= 11 is 0. The van der Waals surface area contributed by atoms with E-state index in [0.29, 0.717) is 0 Å². The zero-order valence-corrected chi connectivity index (χ0v) is 21.4. The molecular weight excluding hydrogens is 483 g/mol. The Morgan fingerprint density at radius 3 is 1.46 bits per heavy atom. The van der Waals surface area contributed by atoms with Gasteiger partial charge >= 0.3 is 12.1 Å². The third kappa shape index (κ3) is 8.03. The number of rotatable bonds is 11. The molecule has 0 aliphatic carbocycles. The molecule has 4 rings (SSSR count). The van der Waals surface area contributed by atoms with Crippen LogP contribution < -0.4 is 4.74 Å². The molecule has 0 aliphatic heterocycles. The first kappa shape index (κ1) is 26.1. The first-order chi connectivity index (χ1) is 18.0. The summed E-state index contributed by atoms with van der Waals surface area (Å²) in [5.74, 6) is -0.793. The molecule has 0 saturated heterocycles. The van der Waals surface area contributed by atoms with Gasteiger partial charge in [-0.3, -0.25) is 0 Å². The third-order valence-corrected chi connectivity index (χ3v) is 10.4. The molecule has 0 saturated carbocycles. The second kappa shape index (κ2) is 12.8. The van der Waals surface area contributed by atoms with Gasteiger partial charge in [0, 0.05) is 7.26 Å². The van der Waals surface area contributed by atoms with E-state index >= 15 is 0 Å². The van der Waals surface area contributed by atoms with Gasteiger partial charge in [-0.2, -0.15) is 0 Å². The second-order valence-corrected chi connectivity index (χ2v) is 13.1. The highest BCUT2D eigenvalue weighted by Gasteiger charge is 2.38. The molecule has 0 aromatic heterocycles. The van der Waals surface area contributed by atoms with Crippen molar-refractivity contribution in [1.82, 2.24) is 0 Å². The van der Waals surface area contributed by atoms with E-state index in [1.54, 1.807) is 0 Å². The summed E-state index contributed by atoms with van der Waals surface area (Å²) in [7, 11) is -1.72. The summed E-state index contributed by atoms with van der Waals surface area (Å²) in [6.45, 7) is 0.242. The van der Waals surface area contributed by atoms with Gasteiger partial charge in [-0.05, 0) is 41.0 Å². The van der Waals surface area contributed by atoms with Crippen LogP contribution in [0.1, 0.15) is 27.0 Å². The van der Waals surface area contributed by atoms with Crippen LogP contribution in [0.4, 0.5) is 4.79 Å². The number of carboxylic acids is 1. The zero-order chi connectivity index (χ0) is 25.9. The van der Waals surface area contributed by atoms with Crippen LogP contribution in [0.15, 0.2) is 115 Å². The Morgan fingerprint density at radius 2 is 1.05 bits per heavy atom. The Morgan fingerprint density at radius 1 is 0.622 bits per heavy atom. The topological polar surface area (TPSA) is 72.8 Å². The summed E-state index contributed by atoms with van der Waals surface area (Å²) in [6, 6.07) is 37.2. The molecule has 0 spiro atoms. The Labute approximate surface area is 218 Å². The molecular formula is C31H30O5P+.